The second-order valence-corrected chi connectivity index (χ2v) is 7.80. The molecule has 0 N–H and O–H groups in total. The molecule has 0 atom stereocenters. The summed E-state index contributed by atoms with van der Waals surface area (Å²) in [6, 6.07) is 3.55. The molecule has 30 heavy (non-hydrogen) atoms. The van der Waals surface area contributed by atoms with E-state index in [0.717, 1.165) is 18.0 Å². The van der Waals surface area contributed by atoms with Crippen molar-refractivity contribution >= 4 is 5.78 Å². The predicted molar refractivity (Wildman–Crippen MR) is 125 cm³/mol. The Labute approximate surface area is 181 Å². The van der Waals surface area contributed by atoms with Crippen LogP contribution in [0.1, 0.15) is 42.6 Å². The van der Waals surface area contributed by atoms with Gasteiger partial charge in [-0.3, -0.25) is 9.69 Å². The number of fused-ring (bicyclic) bond motifs is 1. The summed E-state index contributed by atoms with van der Waals surface area (Å²) in [7, 11) is 3.13. The molecule has 0 saturated carbocycles. The van der Waals surface area contributed by atoms with Crippen molar-refractivity contribution in [1.29, 1.82) is 0 Å². The molecular formula is C26H35NO3. The third kappa shape index (κ3) is 6.74. The number of methoxy groups -OCH3 is 2. The van der Waals surface area contributed by atoms with E-state index in [1.54, 1.807) is 20.3 Å². The second kappa shape index (κ2) is 12.2. The van der Waals surface area contributed by atoms with Crippen molar-refractivity contribution < 1.29 is 14.3 Å². The number of hydrogen-bond donors (Lipinski definition) is 0. The van der Waals surface area contributed by atoms with Crippen LogP contribution in [-0.2, 0) is 6.42 Å². The summed E-state index contributed by atoms with van der Waals surface area (Å²) in [5, 5.41) is 0. The quantitative estimate of drug-likeness (QED) is 0.465. The van der Waals surface area contributed by atoms with Crippen molar-refractivity contribution in [3.63, 3.8) is 0 Å². The highest BCUT2D eigenvalue weighted by Crippen LogP contribution is 2.35. The highest BCUT2D eigenvalue weighted by molar-refractivity contribution is 6.13. The van der Waals surface area contributed by atoms with Crippen molar-refractivity contribution in [2.24, 2.45) is 5.92 Å². The van der Waals surface area contributed by atoms with Crippen molar-refractivity contribution in [2.45, 2.75) is 33.1 Å². The number of ketones is 1. The van der Waals surface area contributed by atoms with Gasteiger partial charge in [0.15, 0.2) is 17.3 Å². The zero-order chi connectivity index (χ0) is 21.9. The van der Waals surface area contributed by atoms with Gasteiger partial charge in [-0.05, 0) is 62.0 Å². The van der Waals surface area contributed by atoms with Crippen LogP contribution in [0.3, 0.4) is 0 Å². The standard InChI is InChI=1S/C14H23N.C12H12O3/c1-3-4-5-6-7-8-11-15-12-9-14(2)10-13-15;1-7-4-8-5-10(14-2)11(15-3)6-9(8)12(7)13/h3-8,14H,9-13H2,1-2H3;5-6H,1,4H2,2-3H3/b4-3-,6-5-,8-7+;. The maximum absolute atomic E-state index is 11.7. The number of carbonyl (C=O) groups is 1. The van der Waals surface area contributed by atoms with Gasteiger partial charge in [-0.15, -0.1) is 0 Å². The lowest BCUT2D eigenvalue weighted by atomic mass is 9.99. The molecule has 1 heterocycles. The molecule has 162 valence electrons. The number of hydrogen-bond acceptors (Lipinski definition) is 4. The molecule has 3 rings (SSSR count). The van der Waals surface area contributed by atoms with Gasteiger partial charge in [0.05, 0.1) is 14.2 Å². The minimum Gasteiger partial charge on any atom is -0.493 e. The van der Waals surface area contributed by atoms with Gasteiger partial charge in [-0.1, -0.05) is 50.0 Å². The fourth-order valence-corrected chi connectivity index (χ4v) is 3.55. The SMILES string of the molecule is C=C1Cc2cc(OC)c(OC)cc2C1=O.C\C=C/C=C\C=C\CN1CCC(C)CC1. The van der Waals surface area contributed by atoms with Crippen LogP contribution in [0.25, 0.3) is 0 Å². The van der Waals surface area contributed by atoms with Gasteiger partial charge in [0.2, 0.25) is 0 Å². The topological polar surface area (TPSA) is 38.8 Å². The molecule has 4 heteroatoms. The Balaban J connectivity index is 0.000000214. The lowest BCUT2D eigenvalue weighted by Gasteiger charge is -2.28. The molecule has 0 amide bonds. The first-order valence-corrected chi connectivity index (χ1v) is 10.6. The van der Waals surface area contributed by atoms with Crippen LogP contribution in [0.4, 0.5) is 0 Å². The second-order valence-electron chi connectivity index (χ2n) is 7.80. The van der Waals surface area contributed by atoms with Gasteiger partial charge in [0, 0.05) is 18.5 Å². The smallest absolute Gasteiger partial charge is 0.189 e. The van der Waals surface area contributed by atoms with Crippen LogP contribution < -0.4 is 9.47 Å². The Morgan fingerprint density at radius 1 is 1.07 bits per heavy atom. The minimum absolute atomic E-state index is 0.00551. The summed E-state index contributed by atoms with van der Waals surface area (Å²) >= 11 is 0. The molecule has 0 bridgehead atoms. The molecule has 1 aliphatic carbocycles. The molecule has 4 nitrogen and oxygen atoms in total. The highest BCUT2D eigenvalue weighted by atomic mass is 16.5. The highest BCUT2D eigenvalue weighted by Gasteiger charge is 2.25. The minimum atomic E-state index is 0.00551. The van der Waals surface area contributed by atoms with Gasteiger partial charge in [-0.2, -0.15) is 0 Å². The van der Waals surface area contributed by atoms with Crippen molar-refractivity contribution in [2.75, 3.05) is 33.9 Å². The zero-order valence-electron chi connectivity index (χ0n) is 18.8. The van der Waals surface area contributed by atoms with Gasteiger partial charge in [-0.25, -0.2) is 0 Å². The Hall–Kier alpha value is -2.59. The van der Waals surface area contributed by atoms with E-state index >= 15 is 0 Å². The summed E-state index contributed by atoms with van der Waals surface area (Å²) in [5.74, 6) is 2.17. The molecule has 0 unspecified atom stereocenters. The number of ether oxygens (including phenoxy) is 2. The fourth-order valence-electron chi connectivity index (χ4n) is 3.55. The van der Waals surface area contributed by atoms with E-state index in [-0.39, 0.29) is 5.78 Å². The lowest BCUT2D eigenvalue weighted by molar-refractivity contribution is 0.103. The summed E-state index contributed by atoms with van der Waals surface area (Å²) in [4.78, 5) is 14.2. The van der Waals surface area contributed by atoms with E-state index in [0.29, 0.717) is 29.1 Å². The third-order valence-corrected chi connectivity index (χ3v) is 5.48. The molecule has 1 saturated heterocycles. The van der Waals surface area contributed by atoms with Crippen LogP contribution >= 0.6 is 0 Å². The number of rotatable bonds is 6. The van der Waals surface area contributed by atoms with E-state index in [9.17, 15) is 4.79 Å². The molecule has 1 aliphatic heterocycles. The van der Waals surface area contributed by atoms with E-state index < -0.39 is 0 Å². The van der Waals surface area contributed by atoms with Gasteiger partial charge in [0.1, 0.15) is 0 Å². The summed E-state index contributed by atoms with van der Waals surface area (Å²) in [5.41, 5.74) is 2.26. The number of benzene rings is 1. The normalized spacial score (nSPS) is 17.6. The molecule has 1 aromatic rings. The van der Waals surface area contributed by atoms with Crippen LogP contribution in [-0.4, -0.2) is 44.5 Å². The van der Waals surface area contributed by atoms with Crippen molar-refractivity contribution in [3.05, 3.63) is 71.9 Å². The van der Waals surface area contributed by atoms with Crippen molar-refractivity contribution in [1.82, 2.24) is 4.90 Å². The monoisotopic (exact) mass is 409 g/mol. The first-order valence-electron chi connectivity index (χ1n) is 10.6. The number of piperidine rings is 1. The summed E-state index contributed by atoms with van der Waals surface area (Å²) in [6.07, 6.45) is 16.0. The molecule has 2 aliphatic rings. The van der Waals surface area contributed by atoms with E-state index in [4.69, 9.17) is 9.47 Å². The van der Waals surface area contributed by atoms with E-state index in [2.05, 4.69) is 42.7 Å². The van der Waals surface area contributed by atoms with E-state index in [1.807, 2.05) is 25.1 Å². The molecule has 1 aromatic carbocycles. The van der Waals surface area contributed by atoms with Crippen LogP contribution in [0, 0.1) is 5.92 Å². The Bertz CT molecular complexity index is 812. The largest absolute Gasteiger partial charge is 0.493 e. The number of carbonyl (C=O) groups excluding carboxylic acids is 1. The Morgan fingerprint density at radius 2 is 1.70 bits per heavy atom. The number of Topliss-reactive ketones (excluding diaryl/α,β-unsaturated/α-hetero) is 1. The average Bonchev–Trinajstić information content (AvgIpc) is 3.04. The van der Waals surface area contributed by atoms with E-state index in [1.165, 1.54) is 25.9 Å². The van der Waals surface area contributed by atoms with Gasteiger partial charge < -0.3 is 9.47 Å². The summed E-state index contributed by atoms with van der Waals surface area (Å²) in [6.45, 7) is 11.8. The molecular weight excluding hydrogens is 374 g/mol. The summed E-state index contributed by atoms with van der Waals surface area (Å²) < 4.78 is 10.3. The zero-order valence-corrected chi connectivity index (χ0v) is 18.8. The molecule has 0 spiro atoms. The first-order chi connectivity index (χ1) is 14.5. The number of allylic oxidation sites excluding steroid dienone is 6. The maximum atomic E-state index is 11.7. The van der Waals surface area contributed by atoms with Crippen LogP contribution in [0.15, 0.2) is 60.7 Å². The number of nitrogens with zero attached hydrogens (tertiary/aromatic N) is 1. The fraction of sp³-hybridized carbons (Fsp3) is 0.423. The molecule has 0 aromatic heterocycles. The Kier molecular flexibility index (Phi) is 9.62. The Morgan fingerprint density at radius 3 is 2.33 bits per heavy atom. The van der Waals surface area contributed by atoms with Gasteiger partial charge >= 0.3 is 0 Å². The molecule has 0 radical (unpaired) electrons. The lowest BCUT2D eigenvalue weighted by Crippen LogP contribution is -2.32. The number of likely N-dealkylation sites (tertiary alicyclic amines) is 1. The third-order valence-electron chi connectivity index (χ3n) is 5.48. The molecule has 1 fully saturated rings. The maximum Gasteiger partial charge on any atom is 0.189 e. The van der Waals surface area contributed by atoms with Gasteiger partial charge in [0.25, 0.3) is 0 Å². The first kappa shape index (κ1) is 23.7. The van der Waals surface area contributed by atoms with Crippen molar-refractivity contribution in [3.8, 4) is 11.5 Å². The predicted octanol–water partition coefficient (Wildman–Crippen LogP) is 5.41. The van der Waals surface area contributed by atoms with Crippen LogP contribution in [0.5, 0.6) is 11.5 Å². The average molecular weight is 410 g/mol. The van der Waals surface area contributed by atoms with Crippen LogP contribution in [0.2, 0.25) is 0 Å².